The molecule has 0 spiro atoms. The van der Waals surface area contributed by atoms with Crippen LogP contribution in [0.2, 0.25) is 0 Å². The van der Waals surface area contributed by atoms with Crippen LogP contribution in [0, 0.1) is 0 Å². The second-order valence-electron chi connectivity index (χ2n) is 8.47. The highest BCUT2D eigenvalue weighted by molar-refractivity contribution is 5.91. The van der Waals surface area contributed by atoms with Crippen LogP contribution in [-0.4, -0.2) is 4.98 Å². The molecule has 3 aromatic carbocycles. The molecule has 0 atom stereocenters. The largest absolute Gasteiger partial charge is 0.418 e. The second-order valence-corrected chi connectivity index (χ2v) is 8.47. The van der Waals surface area contributed by atoms with Crippen LogP contribution < -0.4 is 0 Å². The first kappa shape index (κ1) is 20.1. The lowest BCUT2D eigenvalue weighted by Crippen LogP contribution is -2.12. The van der Waals surface area contributed by atoms with E-state index in [9.17, 15) is 13.2 Å². The Bertz CT molecular complexity index is 1200. The number of hydrogen-bond donors (Lipinski definition) is 0. The second kappa shape index (κ2) is 7.28. The minimum atomic E-state index is -4.48. The van der Waals surface area contributed by atoms with Crippen LogP contribution in [0.15, 0.2) is 79.0 Å². The highest BCUT2D eigenvalue weighted by Crippen LogP contribution is 2.40. The van der Waals surface area contributed by atoms with Gasteiger partial charge in [0, 0.05) is 11.8 Å². The lowest BCUT2D eigenvalue weighted by Gasteiger charge is -2.23. The predicted molar refractivity (Wildman–Crippen MR) is 116 cm³/mol. The Morgan fingerprint density at radius 3 is 2.03 bits per heavy atom. The Labute approximate surface area is 174 Å². The average Bonchev–Trinajstić information content (AvgIpc) is 2.72. The summed E-state index contributed by atoms with van der Waals surface area (Å²) in [6.07, 6.45) is -3.53. The van der Waals surface area contributed by atoms with Crippen LogP contribution in [0.1, 0.15) is 31.9 Å². The van der Waals surface area contributed by atoms with Crippen LogP contribution in [-0.2, 0) is 11.6 Å². The molecule has 0 radical (unpaired) electrons. The van der Waals surface area contributed by atoms with Crippen LogP contribution in [0.4, 0.5) is 13.2 Å². The van der Waals surface area contributed by atoms with E-state index < -0.39 is 11.7 Å². The highest BCUT2D eigenvalue weighted by Gasteiger charge is 2.34. The van der Waals surface area contributed by atoms with Gasteiger partial charge in [0.2, 0.25) is 0 Å². The predicted octanol–water partition coefficient (Wildman–Crippen LogP) is 7.89. The van der Waals surface area contributed by atoms with Gasteiger partial charge in [0.25, 0.3) is 0 Å². The summed E-state index contributed by atoms with van der Waals surface area (Å²) in [5, 5.41) is 2.19. The number of nitrogens with zero attached hydrogens (tertiary/aromatic N) is 1. The Morgan fingerprint density at radius 2 is 1.37 bits per heavy atom. The lowest BCUT2D eigenvalue weighted by atomic mass is 9.82. The van der Waals surface area contributed by atoms with E-state index in [2.05, 4.69) is 31.8 Å². The maximum Gasteiger partial charge on any atom is 0.418 e. The van der Waals surface area contributed by atoms with Gasteiger partial charge in [0.15, 0.2) is 0 Å². The normalized spacial score (nSPS) is 12.3. The summed E-state index contributed by atoms with van der Waals surface area (Å²) in [5.41, 5.74) is 2.28. The van der Waals surface area contributed by atoms with E-state index in [-0.39, 0.29) is 11.0 Å². The molecule has 0 bridgehead atoms. The van der Waals surface area contributed by atoms with Gasteiger partial charge in [-0.05, 0) is 51.1 Å². The fraction of sp³-hybridized carbons (Fsp3) is 0.192. The van der Waals surface area contributed by atoms with Crippen LogP contribution >= 0.6 is 0 Å². The topological polar surface area (TPSA) is 12.9 Å². The van der Waals surface area contributed by atoms with Gasteiger partial charge in [-0.15, -0.1) is 0 Å². The number of rotatable bonds is 2. The maximum absolute atomic E-state index is 13.7. The molecule has 0 saturated carbocycles. The van der Waals surface area contributed by atoms with E-state index in [1.54, 1.807) is 36.4 Å². The molecule has 0 amide bonds. The molecule has 1 heterocycles. The molecule has 4 aromatic rings. The van der Waals surface area contributed by atoms with Gasteiger partial charge in [-0.25, -0.2) is 0 Å². The van der Waals surface area contributed by atoms with Crippen molar-refractivity contribution in [2.24, 2.45) is 0 Å². The van der Waals surface area contributed by atoms with Gasteiger partial charge in [0.05, 0.1) is 11.3 Å². The van der Waals surface area contributed by atoms with Crippen molar-refractivity contribution in [2.75, 3.05) is 0 Å². The molecular formula is C26H22F3N. The van der Waals surface area contributed by atoms with Crippen molar-refractivity contribution in [3.8, 4) is 22.4 Å². The zero-order valence-electron chi connectivity index (χ0n) is 17.1. The summed E-state index contributed by atoms with van der Waals surface area (Å²) in [6.45, 7) is 6.40. The van der Waals surface area contributed by atoms with Crippen molar-refractivity contribution in [2.45, 2.75) is 32.4 Å². The molecule has 4 rings (SSSR count). The Balaban J connectivity index is 1.97. The van der Waals surface area contributed by atoms with Gasteiger partial charge >= 0.3 is 6.18 Å². The number of pyridine rings is 1. The Hall–Kier alpha value is -3.14. The van der Waals surface area contributed by atoms with Gasteiger partial charge in [0.1, 0.15) is 0 Å². The fourth-order valence-corrected chi connectivity index (χ4v) is 3.77. The van der Waals surface area contributed by atoms with Gasteiger partial charge in [-0.3, -0.25) is 4.98 Å². The zero-order chi connectivity index (χ0) is 21.5. The van der Waals surface area contributed by atoms with Crippen molar-refractivity contribution in [1.29, 1.82) is 0 Å². The Kier molecular flexibility index (Phi) is 4.89. The molecule has 1 nitrogen and oxygen atoms in total. The van der Waals surface area contributed by atoms with E-state index >= 15 is 0 Å². The molecule has 0 N–H and O–H groups in total. The molecule has 0 aliphatic carbocycles. The number of alkyl halides is 3. The smallest absolute Gasteiger partial charge is 0.256 e. The zero-order valence-corrected chi connectivity index (χ0v) is 17.1. The third-order valence-corrected chi connectivity index (χ3v) is 5.26. The molecule has 4 heteroatoms. The molecular weight excluding hydrogens is 383 g/mol. The third-order valence-electron chi connectivity index (χ3n) is 5.26. The molecule has 1 aromatic heterocycles. The number of hydrogen-bond acceptors (Lipinski definition) is 1. The van der Waals surface area contributed by atoms with E-state index in [1.165, 1.54) is 0 Å². The third kappa shape index (κ3) is 3.82. The van der Waals surface area contributed by atoms with Gasteiger partial charge < -0.3 is 0 Å². The number of benzene rings is 3. The fourth-order valence-electron chi connectivity index (χ4n) is 3.77. The van der Waals surface area contributed by atoms with E-state index in [4.69, 9.17) is 0 Å². The summed E-state index contributed by atoms with van der Waals surface area (Å²) >= 11 is 0. The first-order valence-electron chi connectivity index (χ1n) is 9.81. The van der Waals surface area contributed by atoms with Crippen molar-refractivity contribution in [3.05, 3.63) is 90.1 Å². The SMILES string of the molecule is CC(C)(C)c1cc(-c2cc(-c3ccccc3)c(C(F)(F)F)cn2)cc2ccccc12. The van der Waals surface area contributed by atoms with Crippen molar-refractivity contribution in [1.82, 2.24) is 4.98 Å². The molecule has 0 saturated heterocycles. The standard InChI is InChI=1S/C26H22F3N/c1-25(2,3)22-14-19(13-18-11-7-8-12-20(18)22)24-15-21(17-9-5-4-6-10-17)23(16-30-24)26(27,28)29/h4-16H,1-3H3. The summed E-state index contributed by atoms with van der Waals surface area (Å²) in [6, 6.07) is 22.3. The summed E-state index contributed by atoms with van der Waals surface area (Å²) < 4.78 is 41.0. The van der Waals surface area contributed by atoms with Crippen LogP contribution in [0.5, 0.6) is 0 Å². The molecule has 0 unspecified atom stereocenters. The molecule has 0 aliphatic heterocycles. The van der Waals surface area contributed by atoms with Gasteiger partial charge in [-0.2, -0.15) is 13.2 Å². The lowest BCUT2D eigenvalue weighted by molar-refractivity contribution is -0.137. The van der Waals surface area contributed by atoms with Crippen molar-refractivity contribution >= 4 is 10.8 Å². The molecule has 152 valence electrons. The summed E-state index contributed by atoms with van der Waals surface area (Å²) in [4.78, 5) is 4.21. The number of fused-ring (bicyclic) bond motifs is 1. The van der Waals surface area contributed by atoms with E-state index in [0.717, 1.165) is 28.1 Å². The highest BCUT2D eigenvalue weighted by atomic mass is 19.4. The summed E-state index contributed by atoms with van der Waals surface area (Å²) in [5.74, 6) is 0. The van der Waals surface area contributed by atoms with Crippen molar-refractivity contribution < 1.29 is 13.2 Å². The van der Waals surface area contributed by atoms with Crippen LogP contribution in [0.25, 0.3) is 33.2 Å². The minimum Gasteiger partial charge on any atom is -0.256 e. The molecule has 0 aliphatic rings. The number of halogens is 3. The first-order valence-corrected chi connectivity index (χ1v) is 9.81. The van der Waals surface area contributed by atoms with Crippen molar-refractivity contribution in [3.63, 3.8) is 0 Å². The first-order chi connectivity index (χ1) is 14.1. The minimum absolute atomic E-state index is 0.121. The van der Waals surface area contributed by atoms with E-state index in [1.807, 2.05) is 30.3 Å². The quantitative estimate of drug-likeness (QED) is 0.330. The molecule has 0 fully saturated rings. The monoisotopic (exact) mass is 405 g/mol. The van der Waals surface area contributed by atoms with E-state index in [0.29, 0.717) is 11.3 Å². The maximum atomic E-state index is 13.7. The van der Waals surface area contributed by atoms with Gasteiger partial charge in [-0.1, -0.05) is 75.4 Å². The Morgan fingerprint density at radius 1 is 0.700 bits per heavy atom. The van der Waals surface area contributed by atoms with Crippen LogP contribution in [0.3, 0.4) is 0 Å². The summed E-state index contributed by atoms with van der Waals surface area (Å²) in [7, 11) is 0. The number of aromatic nitrogens is 1. The molecule has 30 heavy (non-hydrogen) atoms. The average molecular weight is 405 g/mol.